The summed E-state index contributed by atoms with van der Waals surface area (Å²) in [6.07, 6.45) is 1.92. The molecule has 0 spiro atoms. The van der Waals surface area contributed by atoms with Crippen LogP contribution in [-0.4, -0.2) is 10.8 Å². The minimum absolute atomic E-state index is 0.581. The zero-order valence-corrected chi connectivity index (χ0v) is 9.54. The third-order valence-electron chi connectivity index (χ3n) is 1.81. The number of rotatable bonds is 1. The Morgan fingerprint density at radius 3 is 2.31 bits per heavy atom. The molecule has 0 aliphatic carbocycles. The summed E-state index contributed by atoms with van der Waals surface area (Å²) in [5.74, 6) is 0. The van der Waals surface area contributed by atoms with Crippen LogP contribution in [0.1, 0.15) is 11.1 Å². The van der Waals surface area contributed by atoms with Crippen LogP contribution in [0, 0.1) is 13.8 Å². The highest BCUT2D eigenvalue weighted by Gasteiger charge is 2.00. The van der Waals surface area contributed by atoms with Crippen molar-refractivity contribution < 1.29 is 0 Å². The van der Waals surface area contributed by atoms with Crippen molar-refractivity contribution in [2.24, 2.45) is 4.99 Å². The molecular weight excluding hydrogens is 202 g/mol. The minimum Gasteiger partial charge on any atom is -0.229 e. The molecule has 0 fully saturated rings. The fourth-order valence-corrected chi connectivity index (χ4v) is 1.38. The van der Waals surface area contributed by atoms with Gasteiger partial charge < -0.3 is 0 Å². The van der Waals surface area contributed by atoms with E-state index in [1.807, 2.05) is 38.3 Å². The number of nitrogens with zero attached hydrogens (tertiary/aromatic N) is 1. The van der Waals surface area contributed by atoms with E-state index in [4.69, 9.17) is 11.6 Å². The number of aryl methyl sites for hydroxylation is 2. The second-order valence-corrected chi connectivity index (χ2v) is 4.19. The Bertz CT molecular complexity index is 313. The molecule has 3 heteroatoms. The van der Waals surface area contributed by atoms with Crippen molar-refractivity contribution in [1.29, 1.82) is 0 Å². The summed E-state index contributed by atoms with van der Waals surface area (Å²) in [6, 6.07) is 6.10. The van der Waals surface area contributed by atoms with Crippen LogP contribution in [0.2, 0.25) is 0 Å². The van der Waals surface area contributed by atoms with Crippen LogP contribution in [0.25, 0.3) is 0 Å². The van der Waals surface area contributed by atoms with Crippen LogP contribution >= 0.6 is 23.4 Å². The van der Waals surface area contributed by atoms with Gasteiger partial charge in [-0.25, -0.2) is 4.99 Å². The molecule has 0 N–H and O–H groups in total. The molecule has 0 aliphatic rings. The van der Waals surface area contributed by atoms with Crippen molar-refractivity contribution in [2.75, 3.05) is 6.26 Å². The lowest BCUT2D eigenvalue weighted by molar-refractivity contribution is 1.34. The molecule has 13 heavy (non-hydrogen) atoms. The van der Waals surface area contributed by atoms with Gasteiger partial charge in [-0.15, -0.1) is 0 Å². The summed E-state index contributed by atoms with van der Waals surface area (Å²) in [5, 5.41) is 0. The molecule has 1 nitrogen and oxygen atoms in total. The predicted molar refractivity (Wildman–Crippen MR) is 62.4 cm³/mol. The summed E-state index contributed by atoms with van der Waals surface area (Å²) < 4.78 is 0.581. The molecule has 1 aromatic carbocycles. The normalized spacial score (nSPS) is 11.8. The van der Waals surface area contributed by atoms with Gasteiger partial charge >= 0.3 is 0 Å². The fraction of sp³-hybridized carbons (Fsp3) is 0.300. The van der Waals surface area contributed by atoms with Gasteiger partial charge in [-0.1, -0.05) is 41.6 Å². The van der Waals surface area contributed by atoms with Crippen molar-refractivity contribution in [1.82, 2.24) is 0 Å². The lowest BCUT2D eigenvalue weighted by Gasteiger charge is -2.03. The summed E-state index contributed by atoms with van der Waals surface area (Å²) >= 11 is 7.31. The van der Waals surface area contributed by atoms with E-state index in [-0.39, 0.29) is 0 Å². The number of benzene rings is 1. The quantitative estimate of drug-likeness (QED) is 0.509. The first-order chi connectivity index (χ1) is 6.15. The first-order valence-electron chi connectivity index (χ1n) is 3.99. The molecule has 0 atom stereocenters. The van der Waals surface area contributed by atoms with Crippen LogP contribution in [0.4, 0.5) is 5.69 Å². The summed E-state index contributed by atoms with van der Waals surface area (Å²) in [5.41, 5.74) is 3.31. The Hall–Kier alpha value is -0.470. The summed E-state index contributed by atoms with van der Waals surface area (Å²) in [7, 11) is 0. The molecule has 70 valence electrons. The zero-order chi connectivity index (χ0) is 9.84. The Balaban J connectivity index is 3.14. The number of hydrogen-bond acceptors (Lipinski definition) is 2. The van der Waals surface area contributed by atoms with Crippen LogP contribution in [0.5, 0.6) is 0 Å². The van der Waals surface area contributed by atoms with Crippen molar-refractivity contribution in [3.8, 4) is 0 Å². The zero-order valence-electron chi connectivity index (χ0n) is 7.97. The van der Waals surface area contributed by atoms with Gasteiger partial charge in [-0.05, 0) is 31.2 Å². The third-order valence-corrected chi connectivity index (χ3v) is 2.78. The van der Waals surface area contributed by atoms with E-state index in [1.165, 1.54) is 11.8 Å². The van der Waals surface area contributed by atoms with E-state index in [1.54, 1.807) is 0 Å². The fourth-order valence-electron chi connectivity index (χ4n) is 1.12. The average molecular weight is 214 g/mol. The molecule has 0 heterocycles. The van der Waals surface area contributed by atoms with E-state index in [2.05, 4.69) is 4.99 Å². The van der Waals surface area contributed by atoms with Gasteiger partial charge in [0.1, 0.15) is 0 Å². The molecule has 0 aromatic heterocycles. The third kappa shape index (κ3) is 2.75. The van der Waals surface area contributed by atoms with Gasteiger partial charge in [0, 0.05) is 0 Å². The smallest absolute Gasteiger partial charge is 0.163 e. The standard InChI is InChI=1S/C10H12ClNS/c1-7-5-4-6-8(2)9(7)12-10(11)13-3/h4-6H,1-3H3. The highest BCUT2D eigenvalue weighted by atomic mass is 35.5. The molecule has 0 radical (unpaired) electrons. The van der Waals surface area contributed by atoms with E-state index >= 15 is 0 Å². The van der Waals surface area contributed by atoms with Crippen LogP contribution in [0.3, 0.4) is 0 Å². The number of para-hydroxylation sites is 1. The largest absolute Gasteiger partial charge is 0.229 e. The number of aliphatic imine (C=N–C) groups is 1. The maximum atomic E-state index is 5.86. The number of halogens is 1. The van der Waals surface area contributed by atoms with Crippen LogP contribution < -0.4 is 0 Å². The van der Waals surface area contributed by atoms with E-state index in [0.29, 0.717) is 4.50 Å². The first-order valence-corrected chi connectivity index (χ1v) is 5.60. The van der Waals surface area contributed by atoms with E-state index < -0.39 is 0 Å². The first kappa shape index (κ1) is 10.6. The molecule has 1 rings (SSSR count). The second-order valence-electron chi connectivity index (χ2n) is 2.81. The van der Waals surface area contributed by atoms with Gasteiger partial charge in [0.2, 0.25) is 0 Å². The SMILES string of the molecule is CSC(Cl)=Nc1c(C)cccc1C. The van der Waals surface area contributed by atoms with Crippen molar-refractivity contribution >= 4 is 33.6 Å². The van der Waals surface area contributed by atoms with Gasteiger partial charge in [0.15, 0.2) is 4.50 Å². The molecule has 0 amide bonds. The Kier molecular flexibility index (Phi) is 3.82. The molecule has 0 saturated heterocycles. The minimum atomic E-state index is 0.581. The van der Waals surface area contributed by atoms with Gasteiger partial charge in [-0.2, -0.15) is 0 Å². The molecule has 0 saturated carbocycles. The lowest BCUT2D eigenvalue weighted by atomic mass is 10.1. The Labute approximate surface area is 88.2 Å². The number of thioether (sulfide) groups is 1. The van der Waals surface area contributed by atoms with Gasteiger partial charge in [0.25, 0.3) is 0 Å². The molecule has 0 unspecified atom stereocenters. The topological polar surface area (TPSA) is 12.4 Å². The summed E-state index contributed by atoms with van der Waals surface area (Å²) in [6.45, 7) is 4.08. The van der Waals surface area contributed by atoms with Crippen molar-refractivity contribution in [3.05, 3.63) is 29.3 Å². The molecule has 0 aliphatic heterocycles. The van der Waals surface area contributed by atoms with Crippen molar-refractivity contribution in [3.63, 3.8) is 0 Å². The second kappa shape index (κ2) is 4.68. The average Bonchev–Trinajstić information content (AvgIpc) is 2.11. The van der Waals surface area contributed by atoms with Crippen LogP contribution in [-0.2, 0) is 0 Å². The van der Waals surface area contributed by atoms with Crippen LogP contribution in [0.15, 0.2) is 23.2 Å². The van der Waals surface area contributed by atoms with Gasteiger partial charge in [-0.3, -0.25) is 0 Å². The maximum absolute atomic E-state index is 5.86. The highest BCUT2D eigenvalue weighted by Crippen LogP contribution is 2.24. The predicted octanol–water partition coefficient (Wildman–Crippen LogP) is 3.89. The van der Waals surface area contributed by atoms with E-state index in [9.17, 15) is 0 Å². The molecular formula is C10H12ClNS. The summed E-state index contributed by atoms with van der Waals surface area (Å²) in [4.78, 5) is 4.32. The Morgan fingerprint density at radius 1 is 1.31 bits per heavy atom. The molecule has 1 aromatic rings. The number of hydrogen-bond donors (Lipinski definition) is 0. The van der Waals surface area contributed by atoms with E-state index in [0.717, 1.165) is 16.8 Å². The Morgan fingerprint density at radius 2 is 1.85 bits per heavy atom. The monoisotopic (exact) mass is 213 g/mol. The molecule has 0 bridgehead atoms. The maximum Gasteiger partial charge on any atom is 0.163 e. The van der Waals surface area contributed by atoms with Gasteiger partial charge in [0.05, 0.1) is 5.69 Å². The van der Waals surface area contributed by atoms with Crippen molar-refractivity contribution in [2.45, 2.75) is 13.8 Å². The highest BCUT2D eigenvalue weighted by molar-refractivity contribution is 8.16. The lowest BCUT2D eigenvalue weighted by Crippen LogP contribution is -1.82.